The van der Waals surface area contributed by atoms with Crippen molar-refractivity contribution in [3.05, 3.63) is 24.6 Å². The SMILES string of the molecule is C=CC(CCCC)N(N)/C=C(\N)C(=O)N[C@H]1CN2CCC1CC2. The number of carbonyl (C=O) groups is 1. The summed E-state index contributed by atoms with van der Waals surface area (Å²) in [6.07, 6.45) is 8.70. The highest BCUT2D eigenvalue weighted by molar-refractivity contribution is 5.92. The zero-order chi connectivity index (χ0) is 16.8. The van der Waals surface area contributed by atoms with Crippen molar-refractivity contribution in [2.24, 2.45) is 17.5 Å². The standard InChI is InChI=1S/C17H31N5O/c1-3-5-6-14(4-2)22(19)11-15(18)17(23)20-16-12-21-9-7-13(16)8-10-21/h4,11,13-14,16H,2-3,5-10,12,18-19H2,1H3,(H,20,23)/b15-11-/t14?,16-/m0/s1. The van der Waals surface area contributed by atoms with Crippen LogP contribution in [0.3, 0.4) is 0 Å². The van der Waals surface area contributed by atoms with Crippen molar-refractivity contribution in [3.8, 4) is 0 Å². The molecule has 3 aliphatic rings. The van der Waals surface area contributed by atoms with Gasteiger partial charge in [-0.3, -0.25) is 4.79 Å². The van der Waals surface area contributed by atoms with Crippen LogP contribution in [-0.2, 0) is 4.79 Å². The fraction of sp³-hybridized carbons (Fsp3) is 0.706. The third-order valence-corrected chi connectivity index (χ3v) is 5.03. The minimum Gasteiger partial charge on any atom is -0.393 e. The number of hydrogen-bond donors (Lipinski definition) is 3. The molecule has 3 fully saturated rings. The number of unbranched alkanes of at least 4 members (excludes halogenated alkanes) is 1. The van der Waals surface area contributed by atoms with Gasteiger partial charge in [0.05, 0.1) is 6.04 Å². The predicted molar refractivity (Wildman–Crippen MR) is 92.9 cm³/mol. The van der Waals surface area contributed by atoms with E-state index in [9.17, 15) is 4.79 Å². The minimum atomic E-state index is -0.225. The van der Waals surface area contributed by atoms with Gasteiger partial charge in [-0.25, -0.2) is 5.84 Å². The van der Waals surface area contributed by atoms with E-state index in [4.69, 9.17) is 11.6 Å². The van der Waals surface area contributed by atoms with Gasteiger partial charge in [-0.05, 0) is 38.3 Å². The van der Waals surface area contributed by atoms with E-state index in [1.54, 1.807) is 6.08 Å². The first-order chi connectivity index (χ1) is 11.0. The molecular formula is C17H31N5O. The first-order valence-corrected chi connectivity index (χ1v) is 8.71. The molecular weight excluding hydrogens is 290 g/mol. The molecule has 0 saturated carbocycles. The molecule has 5 N–H and O–H groups in total. The fourth-order valence-electron chi connectivity index (χ4n) is 3.50. The monoisotopic (exact) mass is 321 g/mol. The Morgan fingerprint density at radius 3 is 2.70 bits per heavy atom. The molecule has 23 heavy (non-hydrogen) atoms. The molecule has 6 heteroatoms. The normalized spacial score (nSPS) is 28.3. The fourth-order valence-corrected chi connectivity index (χ4v) is 3.50. The minimum absolute atomic E-state index is 0.00176. The molecule has 0 aromatic rings. The second kappa shape index (κ2) is 8.36. The van der Waals surface area contributed by atoms with E-state index in [0.29, 0.717) is 5.92 Å². The lowest BCUT2D eigenvalue weighted by molar-refractivity contribution is -0.119. The van der Waals surface area contributed by atoms with Gasteiger partial charge in [-0.2, -0.15) is 0 Å². The van der Waals surface area contributed by atoms with Gasteiger partial charge in [-0.1, -0.05) is 25.8 Å². The third-order valence-electron chi connectivity index (χ3n) is 5.03. The highest BCUT2D eigenvalue weighted by Gasteiger charge is 2.35. The smallest absolute Gasteiger partial charge is 0.268 e. The second-order valence-corrected chi connectivity index (χ2v) is 6.69. The molecule has 130 valence electrons. The maximum absolute atomic E-state index is 12.3. The topological polar surface area (TPSA) is 87.6 Å². The predicted octanol–water partition coefficient (Wildman–Crippen LogP) is 0.917. The lowest BCUT2D eigenvalue weighted by atomic mass is 9.84. The number of nitrogens with two attached hydrogens (primary N) is 2. The van der Waals surface area contributed by atoms with E-state index in [-0.39, 0.29) is 23.7 Å². The van der Waals surface area contributed by atoms with Gasteiger partial charge in [-0.15, -0.1) is 6.58 Å². The van der Waals surface area contributed by atoms with E-state index in [1.807, 2.05) is 0 Å². The molecule has 3 heterocycles. The van der Waals surface area contributed by atoms with E-state index >= 15 is 0 Å². The van der Waals surface area contributed by atoms with E-state index in [1.165, 1.54) is 11.2 Å². The Morgan fingerprint density at radius 2 is 2.17 bits per heavy atom. The molecule has 3 saturated heterocycles. The highest BCUT2D eigenvalue weighted by Crippen LogP contribution is 2.27. The van der Waals surface area contributed by atoms with Crippen LogP contribution in [0.5, 0.6) is 0 Å². The molecule has 2 bridgehead atoms. The molecule has 0 aromatic heterocycles. The molecule has 3 rings (SSSR count). The maximum Gasteiger partial charge on any atom is 0.268 e. The number of fused-ring (bicyclic) bond motifs is 3. The molecule has 0 aromatic carbocycles. The van der Waals surface area contributed by atoms with Crippen molar-refractivity contribution in [1.29, 1.82) is 0 Å². The van der Waals surface area contributed by atoms with Crippen LogP contribution < -0.4 is 16.9 Å². The molecule has 0 aliphatic carbocycles. The Balaban J connectivity index is 1.88. The average molecular weight is 321 g/mol. The maximum atomic E-state index is 12.3. The van der Waals surface area contributed by atoms with Crippen LogP contribution >= 0.6 is 0 Å². The van der Waals surface area contributed by atoms with Crippen molar-refractivity contribution in [1.82, 2.24) is 15.2 Å². The van der Waals surface area contributed by atoms with E-state index in [0.717, 1.165) is 51.7 Å². The summed E-state index contributed by atoms with van der Waals surface area (Å²) < 4.78 is 0. The quantitative estimate of drug-likeness (QED) is 0.268. The van der Waals surface area contributed by atoms with E-state index in [2.05, 4.69) is 23.7 Å². The van der Waals surface area contributed by atoms with Crippen LogP contribution in [0, 0.1) is 5.92 Å². The van der Waals surface area contributed by atoms with Crippen molar-refractivity contribution in [2.75, 3.05) is 19.6 Å². The summed E-state index contributed by atoms with van der Waals surface area (Å²) in [6, 6.07) is 0.205. The Morgan fingerprint density at radius 1 is 1.48 bits per heavy atom. The van der Waals surface area contributed by atoms with Crippen molar-refractivity contribution >= 4 is 5.91 Å². The zero-order valence-electron chi connectivity index (χ0n) is 14.2. The molecule has 0 radical (unpaired) electrons. The lowest BCUT2D eigenvalue weighted by Crippen LogP contribution is -2.57. The third kappa shape index (κ3) is 4.72. The Kier molecular flexibility index (Phi) is 6.47. The van der Waals surface area contributed by atoms with Crippen molar-refractivity contribution < 1.29 is 4.79 Å². The Hall–Kier alpha value is -1.53. The van der Waals surface area contributed by atoms with E-state index < -0.39 is 0 Å². The largest absolute Gasteiger partial charge is 0.393 e. The number of nitrogens with zero attached hydrogens (tertiary/aromatic N) is 2. The summed E-state index contributed by atoms with van der Waals surface area (Å²) in [5.74, 6) is 6.37. The molecule has 3 aliphatic heterocycles. The first kappa shape index (κ1) is 17.8. The van der Waals surface area contributed by atoms with Gasteiger partial charge < -0.3 is 21.0 Å². The number of carbonyl (C=O) groups excluding carboxylic acids is 1. The summed E-state index contributed by atoms with van der Waals surface area (Å²) >= 11 is 0. The van der Waals surface area contributed by atoms with Gasteiger partial charge in [0, 0.05) is 18.8 Å². The van der Waals surface area contributed by atoms with Gasteiger partial charge in [0.1, 0.15) is 5.70 Å². The summed E-state index contributed by atoms with van der Waals surface area (Å²) in [6.45, 7) is 9.17. The summed E-state index contributed by atoms with van der Waals surface area (Å²) in [5, 5.41) is 4.57. The number of piperidine rings is 3. The van der Waals surface area contributed by atoms with Crippen LogP contribution in [0.4, 0.5) is 0 Å². The second-order valence-electron chi connectivity index (χ2n) is 6.69. The number of amides is 1. The van der Waals surface area contributed by atoms with Gasteiger partial charge in [0.25, 0.3) is 5.91 Å². The van der Waals surface area contributed by atoms with Crippen LogP contribution in [0.1, 0.15) is 39.0 Å². The Bertz CT molecular complexity index is 442. The van der Waals surface area contributed by atoms with Gasteiger partial charge in [0.2, 0.25) is 0 Å². The summed E-state index contributed by atoms with van der Waals surface area (Å²) in [7, 11) is 0. The van der Waals surface area contributed by atoms with Crippen LogP contribution in [0.2, 0.25) is 0 Å². The van der Waals surface area contributed by atoms with Gasteiger partial charge in [0.15, 0.2) is 0 Å². The summed E-state index contributed by atoms with van der Waals surface area (Å²) in [5.41, 5.74) is 6.09. The Labute approximate surface area is 139 Å². The molecule has 1 unspecified atom stereocenters. The van der Waals surface area contributed by atoms with Crippen molar-refractivity contribution in [2.45, 2.75) is 51.1 Å². The lowest BCUT2D eigenvalue weighted by Gasteiger charge is -2.44. The van der Waals surface area contributed by atoms with Crippen LogP contribution in [0.25, 0.3) is 0 Å². The number of hydrazine groups is 1. The average Bonchev–Trinajstić information content (AvgIpc) is 2.56. The molecule has 2 atom stereocenters. The highest BCUT2D eigenvalue weighted by atomic mass is 16.2. The zero-order valence-corrected chi connectivity index (χ0v) is 14.2. The molecule has 6 nitrogen and oxygen atoms in total. The molecule has 1 amide bonds. The van der Waals surface area contributed by atoms with Crippen molar-refractivity contribution in [3.63, 3.8) is 0 Å². The summed E-state index contributed by atoms with van der Waals surface area (Å²) in [4.78, 5) is 14.7. The first-order valence-electron chi connectivity index (χ1n) is 8.71. The van der Waals surface area contributed by atoms with Crippen LogP contribution in [-0.4, -0.2) is 47.5 Å². The number of hydrogen-bond acceptors (Lipinski definition) is 5. The van der Waals surface area contributed by atoms with Crippen LogP contribution in [0.15, 0.2) is 24.6 Å². The van der Waals surface area contributed by atoms with Gasteiger partial charge >= 0.3 is 0 Å². The number of rotatable bonds is 8. The number of nitrogens with one attached hydrogen (secondary N) is 1. The molecule has 0 spiro atoms.